The van der Waals surface area contributed by atoms with Gasteiger partial charge in [-0.05, 0) is 29.7 Å². The zero-order valence-corrected chi connectivity index (χ0v) is 13.0. The first-order chi connectivity index (χ1) is 11.0. The van der Waals surface area contributed by atoms with Crippen LogP contribution in [-0.2, 0) is 21.4 Å². The lowest BCUT2D eigenvalue weighted by atomic mass is 10.0. The van der Waals surface area contributed by atoms with Crippen LogP contribution in [0.5, 0.6) is 5.75 Å². The SMILES string of the molecule is O=CC1CN(c2cc(Cc3ccccc3)ccc2O)S(=O)(=O)N1. The zero-order valence-electron chi connectivity index (χ0n) is 12.2. The summed E-state index contributed by atoms with van der Waals surface area (Å²) in [5.74, 6) is -0.140. The topological polar surface area (TPSA) is 86.7 Å². The van der Waals surface area contributed by atoms with Crippen molar-refractivity contribution in [3.63, 3.8) is 0 Å². The van der Waals surface area contributed by atoms with Crippen molar-refractivity contribution in [2.45, 2.75) is 12.5 Å². The van der Waals surface area contributed by atoms with Gasteiger partial charge >= 0.3 is 10.2 Å². The highest BCUT2D eigenvalue weighted by Crippen LogP contribution is 2.32. The van der Waals surface area contributed by atoms with Crippen molar-refractivity contribution in [2.24, 2.45) is 0 Å². The summed E-state index contributed by atoms with van der Waals surface area (Å²) in [6, 6.07) is 13.8. The summed E-state index contributed by atoms with van der Waals surface area (Å²) < 4.78 is 27.5. The van der Waals surface area contributed by atoms with E-state index >= 15 is 0 Å². The molecule has 7 heteroatoms. The van der Waals surface area contributed by atoms with Gasteiger partial charge in [-0.1, -0.05) is 36.4 Å². The minimum absolute atomic E-state index is 0.0335. The molecule has 2 aromatic carbocycles. The van der Waals surface area contributed by atoms with Gasteiger partial charge in [-0.2, -0.15) is 13.1 Å². The molecule has 0 saturated carbocycles. The molecule has 6 nitrogen and oxygen atoms in total. The number of anilines is 1. The third-order valence-electron chi connectivity index (χ3n) is 3.68. The smallest absolute Gasteiger partial charge is 0.302 e. The van der Waals surface area contributed by atoms with E-state index in [2.05, 4.69) is 4.72 Å². The average molecular weight is 332 g/mol. The molecule has 120 valence electrons. The maximum absolute atomic E-state index is 12.1. The van der Waals surface area contributed by atoms with E-state index in [9.17, 15) is 18.3 Å². The van der Waals surface area contributed by atoms with Crippen LogP contribution in [-0.4, -0.2) is 32.4 Å². The third kappa shape index (κ3) is 3.20. The van der Waals surface area contributed by atoms with E-state index in [0.29, 0.717) is 12.7 Å². The molecule has 0 aromatic heterocycles. The van der Waals surface area contributed by atoms with Crippen LogP contribution in [0.1, 0.15) is 11.1 Å². The molecule has 3 rings (SSSR count). The summed E-state index contributed by atoms with van der Waals surface area (Å²) >= 11 is 0. The van der Waals surface area contributed by atoms with Gasteiger partial charge in [0.1, 0.15) is 12.0 Å². The maximum atomic E-state index is 12.1. The Morgan fingerprint density at radius 2 is 1.91 bits per heavy atom. The van der Waals surface area contributed by atoms with Crippen LogP contribution in [0.3, 0.4) is 0 Å². The Morgan fingerprint density at radius 3 is 2.57 bits per heavy atom. The molecule has 1 unspecified atom stereocenters. The van der Waals surface area contributed by atoms with Crippen molar-refractivity contribution < 1.29 is 18.3 Å². The predicted molar refractivity (Wildman–Crippen MR) is 86.6 cm³/mol. The highest BCUT2D eigenvalue weighted by molar-refractivity contribution is 7.91. The first-order valence-electron chi connectivity index (χ1n) is 7.11. The van der Waals surface area contributed by atoms with Gasteiger partial charge in [0.2, 0.25) is 0 Å². The van der Waals surface area contributed by atoms with Crippen molar-refractivity contribution in [2.75, 3.05) is 10.8 Å². The van der Waals surface area contributed by atoms with E-state index in [1.807, 2.05) is 30.3 Å². The summed E-state index contributed by atoms with van der Waals surface area (Å²) in [7, 11) is -3.82. The Balaban J connectivity index is 1.94. The van der Waals surface area contributed by atoms with Crippen LogP contribution in [0.15, 0.2) is 48.5 Å². The molecule has 1 atom stereocenters. The van der Waals surface area contributed by atoms with Gasteiger partial charge < -0.3 is 9.90 Å². The molecule has 2 aromatic rings. The molecule has 1 fully saturated rings. The van der Waals surface area contributed by atoms with E-state index in [-0.39, 0.29) is 18.0 Å². The number of phenolic OH excluding ortho intramolecular Hbond substituents is 1. The first kappa shape index (κ1) is 15.5. The van der Waals surface area contributed by atoms with Gasteiger partial charge in [-0.25, -0.2) is 0 Å². The largest absolute Gasteiger partial charge is 0.506 e. The average Bonchev–Trinajstić information content (AvgIpc) is 2.85. The number of hydrogen-bond donors (Lipinski definition) is 2. The lowest BCUT2D eigenvalue weighted by Gasteiger charge is -2.18. The first-order valence-corrected chi connectivity index (χ1v) is 8.55. The van der Waals surface area contributed by atoms with E-state index in [1.165, 1.54) is 6.07 Å². The van der Waals surface area contributed by atoms with Gasteiger partial charge in [0.15, 0.2) is 0 Å². The lowest BCUT2D eigenvalue weighted by Crippen LogP contribution is -2.30. The van der Waals surface area contributed by atoms with Gasteiger partial charge in [-0.3, -0.25) is 4.31 Å². The monoisotopic (exact) mass is 332 g/mol. The zero-order chi connectivity index (χ0) is 16.4. The summed E-state index contributed by atoms with van der Waals surface area (Å²) in [6.45, 7) is -0.0335. The Labute approximate surface area is 134 Å². The van der Waals surface area contributed by atoms with Crippen LogP contribution in [0.2, 0.25) is 0 Å². The number of nitrogens with zero attached hydrogens (tertiary/aromatic N) is 1. The molecule has 2 N–H and O–H groups in total. The fraction of sp³-hybridized carbons (Fsp3) is 0.188. The Bertz CT molecular complexity index is 821. The number of hydrogen-bond acceptors (Lipinski definition) is 4. The summed E-state index contributed by atoms with van der Waals surface area (Å²) in [5.41, 5.74) is 2.13. The number of phenols is 1. The van der Waals surface area contributed by atoms with Crippen molar-refractivity contribution in [1.82, 2.24) is 4.72 Å². The van der Waals surface area contributed by atoms with Crippen molar-refractivity contribution in [1.29, 1.82) is 0 Å². The van der Waals surface area contributed by atoms with E-state index in [0.717, 1.165) is 15.4 Å². The highest BCUT2D eigenvalue weighted by atomic mass is 32.2. The van der Waals surface area contributed by atoms with Crippen LogP contribution in [0.25, 0.3) is 0 Å². The second-order valence-electron chi connectivity index (χ2n) is 5.38. The molecule has 1 aliphatic rings. The minimum atomic E-state index is -3.82. The van der Waals surface area contributed by atoms with Crippen molar-refractivity contribution in [3.05, 3.63) is 59.7 Å². The molecule has 0 radical (unpaired) electrons. The highest BCUT2D eigenvalue weighted by Gasteiger charge is 2.36. The number of carbonyl (C=O) groups is 1. The summed E-state index contributed by atoms with van der Waals surface area (Å²) in [5, 5.41) is 10.0. The Morgan fingerprint density at radius 1 is 1.17 bits per heavy atom. The predicted octanol–water partition coefficient (Wildman–Crippen LogP) is 1.20. The maximum Gasteiger partial charge on any atom is 0.302 e. The molecular formula is C16H16N2O4S. The summed E-state index contributed by atoms with van der Waals surface area (Å²) in [4.78, 5) is 10.8. The fourth-order valence-corrected chi connectivity index (χ4v) is 3.98. The lowest BCUT2D eigenvalue weighted by molar-refractivity contribution is -0.108. The van der Waals surface area contributed by atoms with Crippen LogP contribution < -0.4 is 9.03 Å². The number of carbonyl (C=O) groups excluding carboxylic acids is 1. The molecule has 1 heterocycles. The third-order valence-corrected chi connectivity index (χ3v) is 5.20. The number of benzene rings is 2. The normalized spacial score (nSPS) is 19.7. The van der Waals surface area contributed by atoms with Crippen LogP contribution >= 0.6 is 0 Å². The molecule has 0 aliphatic carbocycles. The Hall–Kier alpha value is -2.38. The van der Waals surface area contributed by atoms with Gasteiger partial charge in [-0.15, -0.1) is 0 Å². The fourth-order valence-electron chi connectivity index (χ4n) is 2.58. The van der Waals surface area contributed by atoms with Crippen molar-refractivity contribution >= 4 is 22.2 Å². The van der Waals surface area contributed by atoms with Crippen LogP contribution in [0.4, 0.5) is 5.69 Å². The number of nitrogens with one attached hydrogen (secondary N) is 1. The van der Waals surface area contributed by atoms with E-state index < -0.39 is 16.3 Å². The van der Waals surface area contributed by atoms with Crippen molar-refractivity contribution in [3.8, 4) is 5.75 Å². The molecule has 1 saturated heterocycles. The minimum Gasteiger partial charge on any atom is -0.506 e. The van der Waals surface area contributed by atoms with Gasteiger partial charge in [0, 0.05) is 0 Å². The van der Waals surface area contributed by atoms with E-state index in [1.54, 1.807) is 12.1 Å². The molecule has 0 amide bonds. The molecule has 23 heavy (non-hydrogen) atoms. The van der Waals surface area contributed by atoms with Gasteiger partial charge in [0.05, 0.1) is 18.3 Å². The number of aromatic hydroxyl groups is 1. The second kappa shape index (κ2) is 6.02. The molecule has 0 bridgehead atoms. The standard InChI is InChI=1S/C16H16N2O4S/c19-11-14-10-18(23(21,22)17-14)15-9-13(6-7-16(15)20)8-12-4-2-1-3-5-12/h1-7,9,11,14,17,20H,8,10H2. The Kier molecular flexibility index (Phi) is 4.06. The molecule has 0 spiro atoms. The number of rotatable bonds is 4. The number of aldehydes is 1. The van der Waals surface area contributed by atoms with Gasteiger partial charge in [0.25, 0.3) is 0 Å². The quantitative estimate of drug-likeness (QED) is 0.824. The summed E-state index contributed by atoms with van der Waals surface area (Å²) in [6.07, 6.45) is 1.16. The van der Waals surface area contributed by atoms with Crippen LogP contribution in [0, 0.1) is 0 Å². The second-order valence-corrected chi connectivity index (χ2v) is 7.01. The molecule has 1 aliphatic heterocycles. The molecular weight excluding hydrogens is 316 g/mol. The van der Waals surface area contributed by atoms with E-state index in [4.69, 9.17) is 0 Å².